The molecule has 0 bridgehead atoms. The van der Waals surface area contributed by atoms with E-state index in [-0.39, 0.29) is 0 Å². The SMILES string of the molecule is Cc1cc(OCc2cc(CNC3CC3)no2)cc(C)c1Cl. The summed E-state index contributed by atoms with van der Waals surface area (Å²) >= 11 is 6.14. The summed E-state index contributed by atoms with van der Waals surface area (Å²) in [5.41, 5.74) is 2.95. The second-order valence-corrected chi connectivity index (χ2v) is 5.98. The van der Waals surface area contributed by atoms with Crippen molar-refractivity contribution >= 4 is 11.6 Å². The average molecular weight is 307 g/mol. The largest absolute Gasteiger partial charge is 0.486 e. The maximum absolute atomic E-state index is 6.14. The summed E-state index contributed by atoms with van der Waals surface area (Å²) in [5, 5.41) is 8.23. The molecule has 0 aliphatic heterocycles. The van der Waals surface area contributed by atoms with E-state index in [4.69, 9.17) is 20.9 Å². The molecule has 4 nitrogen and oxygen atoms in total. The first-order valence-corrected chi connectivity index (χ1v) is 7.57. The van der Waals surface area contributed by atoms with Crippen molar-refractivity contribution in [2.24, 2.45) is 0 Å². The van der Waals surface area contributed by atoms with Crippen LogP contribution in [0.1, 0.15) is 35.4 Å². The van der Waals surface area contributed by atoms with Crippen LogP contribution in [-0.4, -0.2) is 11.2 Å². The lowest BCUT2D eigenvalue weighted by Crippen LogP contribution is -2.15. The number of nitrogens with one attached hydrogen (secondary N) is 1. The maximum atomic E-state index is 6.14. The van der Waals surface area contributed by atoms with Crippen LogP contribution in [0.4, 0.5) is 0 Å². The maximum Gasteiger partial charge on any atom is 0.174 e. The van der Waals surface area contributed by atoms with Crippen molar-refractivity contribution in [2.45, 2.75) is 45.9 Å². The van der Waals surface area contributed by atoms with Crippen LogP contribution >= 0.6 is 11.6 Å². The second-order valence-electron chi connectivity index (χ2n) is 5.60. The Hall–Kier alpha value is -1.52. The molecular weight excluding hydrogens is 288 g/mol. The van der Waals surface area contributed by atoms with Crippen LogP contribution in [0, 0.1) is 13.8 Å². The van der Waals surface area contributed by atoms with Gasteiger partial charge in [0.05, 0.1) is 5.69 Å². The van der Waals surface area contributed by atoms with E-state index in [9.17, 15) is 0 Å². The number of hydrogen-bond donors (Lipinski definition) is 1. The van der Waals surface area contributed by atoms with E-state index in [0.29, 0.717) is 12.6 Å². The molecule has 0 amide bonds. The van der Waals surface area contributed by atoms with Gasteiger partial charge in [0.25, 0.3) is 0 Å². The molecule has 0 radical (unpaired) electrons. The van der Waals surface area contributed by atoms with Gasteiger partial charge in [0.2, 0.25) is 0 Å². The minimum atomic E-state index is 0.372. The van der Waals surface area contributed by atoms with E-state index in [1.54, 1.807) is 0 Å². The normalized spacial score (nSPS) is 14.4. The molecule has 1 aromatic carbocycles. The van der Waals surface area contributed by atoms with Crippen LogP contribution in [0.2, 0.25) is 5.02 Å². The van der Waals surface area contributed by atoms with Crippen molar-refractivity contribution in [3.63, 3.8) is 0 Å². The Balaban J connectivity index is 1.56. The summed E-state index contributed by atoms with van der Waals surface area (Å²) in [4.78, 5) is 0. The summed E-state index contributed by atoms with van der Waals surface area (Å²) in [6.45, 7) is 5.07. The van der Waals surface area contributed by atoms with Crippen molar-refractivity contribution in [1.29, 1.82) is 0 Å². The molecule has 0 saturated heterocycles. The lowest BCUT2D eigenvalue weighted by Gasteiger charge is -2.08. The highest BCUT2D eigenvalue weighted by molar-refractivity contribution is 6.32. The molecule has 1 aromatic heterocycles. The van der Waals surface area contributed by atoms with Crippen molar-refractivity contribution in [2.75, 3.05) is 0 Å². The van der Waals surface area contributed by atoms with Crippen LogP contribution in [0.25, 0.3) is 0 Å². The van der Waals surface area contributed by atoms with E-state index in [1.807, 2.05) is 32.0 Å². The molecule has 1 aliphatic rings. The Kier molecular flexibility index (Phi) is 4.17. The molecule has 1 fully saturated rings. The van der Waals surface area contributed by atoms with E-state index in [2.05, 4.69) is 10.5 Å². The van der Waals surface area contributed by atoms with E-state index < -0.39 is 0 Å². The number of benzene rings is 1. The monoisotopic (exact) mass is 306 g/mol. The molecule has 0 atom stereocenters. The minimum absolute atomic E-state index is 0.372. The van der Waals surface area contributed by atoms with Crippen LogP contribution in [0.3, 0.4) is 0 Å². The summed E-state index contributed by atoms with van der Waals surface area (Å²) in [6, 6.07) is 6.47. The van der Waals surface area contributed by atoms with Crippen LogP contribution in [-0.2, 0) is 13.2 Å². The standard InChI is InChI=1S/C16H19ClN2O2/c1-10-5-14(6-11(2)16(10)17)20-9-15-7-13(19-21-15)8-18-12-3-4-12/h5-7,12,18H,3-4,8-9H2,1-2H3. The molecule has 1 N–H and O–H groups in total. The quantitative estimate of drug-likeness (QED) is 0.882. The highest BCUT2D eigenvalue weighted by Crippen LogP contribution is 2.26. The van der Waals surface area contributed by atoms with Gasteiger partial charge < -0.3 is 14.6 Å². The Labute approximate surface area is 129 Å². The van der Waals surface area contributed by atoms with Gasteiger partial charge in [-0.2, -0.15) is 0 Å². The Morgan fingerprint density at radius 3 is 2.67 bits per heavy atom. The smallest absolute Gasteiger partial charge is 0.174 e. The Morgan fingerprint density at radius 2 is 2.00 bits per heavy atom. The number of aryl methyl sites for hydroxylation is 2. The first-order chi connectivity index (χ1) is 10.1. The lowest BCUT2D eigenvalue weighted by molar-refractivity contribution is 0.248. The number of nitrogens with zero attached hydrogens (tertiary/aromatic N) is 1. The minimum Gasteiger partial charge on any atom is -0.486 e. The van der Waals surface area contributed by atoms with Gasteiger partial charge in [0, 0.05) is 23.7 Å². The van der Waals surface area contributed by atoms with Crippen LogP contribution in [0.15, 0.2) is 22.7 Å². The molecule has 1 saturated carbocycles. The molecule has 3 rings (SSSR count). The Morgan fingerprint density at radius 1 is 1.29 bits per heavy atom. The Bertz CT molecular complexity index is 612. The number of halogens is 1. The highest BCUT2D eigenvalue weighted by Gasteiger charge is 2.20. The van der Waals surface area contributed by atoms with Crippen molar-refractivity contribution in [3.8, 4) is 5.75 Å². The molecule has 2 aromatic rings. The molecule has 21 heavy (non-hydrogen) atoms. The summed E-state index contributed by atoms with van der Waals surface area (Å²) in [5.74, 6) is 1.52. The predicted octanol–water partition coefficient (Wildman–Crippen LogP) is 3.78. The third kappa shape index (κ3) is 3.77. The molecule has 112 valence electrons. The lowest BCUT2D eigenvalue weighted by atomic mass is 10.1. The molecule has 5 heteroatoms. The second kappa shape index (κ2) is 6.08. The zero-order valence-electron chi connectivity index (χ0n) is 12.3. The summed E-state index contributed by atoms with van der Waals surface area (Å²) in [7, 11) is 0. The fraction of sp³-hybridized carbons (Fsp3) is 0.438. The molecule has 0 spiro atoms. The average Bonchev–Trinajstić information content (AvgIpc) is 3.18. The van der Waals surface area contributed by atoms with Crippen LogP contribution < -0.4 is 10.1 Å². The van der Waals surface area contributed by atoms with Gasteiger partial charge in [-0.15, -0.1) is 0 Å². The molecular formula is C16H19ClN2O2. The zero-order valence-corrected chi connectivity index (χ0v) is 13.0. The first-order valence-electron chi connectivity index (χ1n) is 7.19. The highest BCUT2D eigenvalue weighted by atomic mass is 35.5. The van der Waals surface area contributed by atoms with Gasteiger partial charge in [-0.25, -0.2) is 0 Å². The van der Waals surface area contributed by atoms with Gasteiger partial charge in [-0.3, -0.25) is 0 Å². The van der Waals surface area contributed by atoms with Gasteiger partial charge in [-0.1, -0.05) is 16.8 Å². The predicted molar refractivity (Wildman–Crippen MR) is 81.6 cm³/mol. The van der Waals surface area contributed by atoms with Crippen LogP contribution in [0.5, 0.6) is 5.75 Å². The molecule has 1 aliphatic carbocycles. The fourth-order valence-electron chi connectivity index (χ4n) is 2.19. The number of hydrogen-bond acceptors (Lipinski definition) is 4. The first kappa shape index (κ1) is 14.4. The third-order valence-electron chi connectivity index (χ3n) is 3.55. The van der Waals surface area contributed by atoms with Gasteiger partial charge >= 0.3 is 0 Å². The third-order valence-corrected chi connectivity index (χ3v) is 4.14. The van der Waals surface area contributed by atoms with Crippen molar-refractivity contribution < 1.29 is 9.26 Å². The number of ether oxygens (including phenoxy) is 1. The zero-order chi connectivity index (χ0) is 14.8. The summed E-state index contributed by atoms with van der Waals surface area (Å²) < 4.78 is 11.0. The van der Waals surface area contributed by atoms with E-state index in [0.717, 1.165) is 39.9 Å². The van der Waals surface area contributed by atoms with Crippen molar-refractivity contribution in [1.82, 2.24) is 10.5 Å². The number of aromatic nitrogens is 1. The topological polar surface area (TPSA) is 47.3 Å². The molecule has 1 heterocycles. The number of rotatable bonds is 6. The van der Waals surface area contributed by atoms with Gasteiger partial charge in [0.1, 0.15) is 12.4 Å². The van der Waals surface area contributed by atoms with Crippen molar-refractivity contribution in [3.05, 3.63) is 45.8 Å². The van der Waals surface area contributed by atoms with E-state index >= 15 is 0 Å². The fourth-order valence-corrected chi connectivity index (χ4v) is 2.30. The summed E-state index contributed by atoms with van der Waals surface area (Å²) in [6.07, 6.45) is 2.53. The van der Waals surface area contributed by atoms with Gasteiger partial charge in [-0.05, 0) is 49.9 Å². The van der Waals surface area contributed by atoms with Gasteiger partial charge in [0.15, 0.2) is 5.76 Å². The van der Waals surface area contributed by atoms with E-state index in [1.165, 1.54) is 12.8 Å². The molecule has 0 unspecified atom stereocenters.